The molecule has 0 spiro atoms. The summed E-state index contributed by atoms with van der Waals surface area (Å²) in [5.74, 6) is 0. The van der Waals surface area contributed by atoms with Crippen molar-refractivity contribution in [3.05, 3.63) is 0 Å². The quantitative estimate of drug-likeness (QED) is 0.631. The van der Waals surface area contributed by atoms with E-state index in [9.17, 15) is 0 Å². The Bertz CT molecular complexity index is 75.7. The Morgan fingerprint density at radius 2 is 2.00 bits per heavy atom. The Hall–Kier alpha value is -0.0800. The molecule has 0 aromatic rings. The highest BCUT2D eigenvalue weighted by Crippen LogP contribution is 2.02. The second kappa shape index (κ2) is 5.69. The molecule has 0 aromatic carbocycles. The lowest BCUT2D eigenvalue weighted by Gasteiger charge is -2.21. The first-order chi connectivity index (χ1) is 4.76. The molecule has 0 radical (unpaired) electrons. The lowest BCUT2D eigenvalue weighted by atomic mass is 10.1. The fourth-order valence-corrected chi connectivity index (χ4v) is 1.02. The molecule has 2 heteroatoms. The van der Waals surface area contributed by atoms with Crippen molar-refractivity contribution in [2.45, 2.75) is 39.3 Å². The van der Waals surface area contributed by atoms with E-state index in [2.05, 4.69) is 19.2 Å². The van der Waals surface area contributed by atoms with E-state index in [-0.39, 0.29) is 0 Å². The first-order valence-corrected chi connectivity index (χ1v) is 4.05. The van der Waals surface area contributed by atoms with Gasteiger partial charge in [-0.25, -0.2) is 0 Å². The van der Waals surface area contributed by atoms with Gasteiger partial charge in [0.2, 0.25) is 0 Å². The summed E-state index contributed by atoms with van der Waals surface area (Å²) in [6.07, 6.45) is 1.45. The van der Waals surface area contributed by atoms with Gasteiger partial charge in [0, 0.05) is 12.6 Å². The van der Waals surface area contributed by atoms with Gasteiger partial charge in [0.25, 0.3) is 0 Å². The molecule has 0 fully saturated rings. The Kier molecular flexibility index (Phi) is 5.64. The average molecular weight is 145 g/mol. The average Bonchev–Trinajstić information content (AvgIpc) is 1.99. The summed E-state index contributed by atoms with van der Waals surface area (Å²) in [6, 6.07) is 0.463. The monoisotopic (exact) mass is 145 g/mol. The first-order valence-electron chi connectivity index (χ1n) is 4.05. The highest BCUT2D eigenvalue weighted by Gasteiger charge is 2.11. The normalized spacial score (nSPS) is 16.8. The molecule has 0 rings (SSSR count). The van der Waals surface area contributed by atoms with Crippen LogP contribution in [0.1, 0.15) is 27.2 Å². The molecule has 2 nitrogen and oxygen atoms in total. The molecule has 10 heavy (non-hydrogen) atoms. The summed E-state index contributed by atoms with van der Waals surface area (Å²) in [5, 5.41) is 3.18. The molecule has 0 aliphatic carbocycles. The molecule has 0 aromatic heterocycles. The summed E-state index contributed by atoms with van der Waals surface area (Å²) in [5.41, 5.74) is 0. The second-order valence-corrected chi connectivity index (χ2v) is 2.48. The van der Waals surface area contributed by atoms with Crippen LogP contribution in [-0.4, -0.2) is 25.8 Å². The summed E-state index contributed by atoms with van der Waals surface area (Å²) in [4.78, 5) is 0. The number of rotatable bonds is 5. The van der Waals surface area contributed by atoms with Gasteiger partial charge in [-0.1, -0.05) is 6.92 Å². The van der Waals surface area contributed by atoms with Crippen LogP contribution < -0.4 is 5.32 Å². The topological polar surface area (TPSA) is 21.3 Å². The summed E-state index contributed by atoms with van der Waals surface area (Å²) < 4.78 is 5.48. The van der Waals surface area contributed by atoms with Gasteiger partial charge in [0.05, 0.1) is 6.10 Å². The van der Waals surface area contributed by atoms with Gasteiger partial charge >= 0.3 is 0 Å². The van der Waals surface area contributed by atoms with Crippen LogP contribution in [0.2, 0.25) is 0 Å². The molecule has 62 valence electrons. The smallest absolute Gasteiger partial charge is 0.0722 e. The minimum atomic E-state index is 0.370. The van der Waals surface area contributed by atoms with E-state index in [1.807, 2.05) is 14.0 Å². The SMILES string of the molecule is CCOC(CC)C(C)NC. The summed E-state index contributed by atoms with van der Waals surface area (Å²) in [6.45, 7) is 7.13. The van der Waals surface area contributed by atoms with E-state index < -0.39 is 0 Å². The predicted octanol–water partition coefficient (Wildman–Crippen LogP) is 1.41. The van der Waals surface area contributed by atoms with E-state index in [4.69, 9.17) is 4.74 Å². The van der Waals surface area contributed by atoms with Crippen LogP contribution in [0.4, 0.5) is 0 Å². The fourth-order valence-electron chi connectivity index (χ4n) is 1.02. The molecule has 2 unspecified atom stereocenters. The maximum atomic E-state index is 5.48. The molecule has 0 saturated carbocycles. The Balaban J connectivity index is 3.56. The van der Waals surface area contributed by atoms with Crippen LogP contribution in [-0.2, 0) is 4.74 Å². The Labute approximate surface area is 64.0 Å². The first kappa shape index (κ1) is 9.92. The maximum Gasteiger partial charge on any atom is 0.0722 e. The van der Waals surface area contributed by atoms with E-state index >= 15 is 0 Å². The Morgan fingerprint density at radius 1 is 1.40 bits per heavy atom. The van der Waals surface area contributed by atoms with Crippen molar-refractivity contribution in [1.82, 2.24) is 5.32 Å². The minimum Gasteiger partial charge on any atom is -0.377 e. The van der Waals surface area contributed by atoms with Crippen LogP contribution in [0.25, 0.3) is 0 Å². The molecule has 0 bridgehead atoms. The van der Waals surface area contributed by atoms with E-state index in [0.717, 1.165) is 13.0 Å². The molecular weight excluding hydrogens is 126 g/mol. The number of nitrogens with one attached hydrogen (secondary N) is 1. The van der Waals surface area contributed by atoms with Crippen molar-refractivity contribution in [2.24, 2.45) is 0 Å². The highest BCUT2D eigenvalue weighted by atomic mass is 16.5. The molecule has 0 heterocycles. The minimum absolute atomic E-state index is 0.370. The second-order valence-electron chi connectivity index (χ2n) is 2.48. The van der Waals surface area contributed by atoms with Gasteiger partial charge in [0.1, 0.15) is 0 Å². The van der Waals surface area contributed by atoms with Crippen LogP contribution in [0.5, 0.6) is 0 Å². The van der Waals surface area contributed by atoms with Crippen LogP contribution in [0.15, 0.2) is 0 Å². The molecule has 2 atom stereocenters. The maximum absolute atomic E-state index is 5.48. The van der Waals surface area contributed by atoms with E-state index in [1.165, 1.54) is 0 Å². The fraction of sp³-hybridized carbons (Fsp3) is 1.00. The molecular formula is C8H19NO. The van der Waals surface area contributed by atoms with Crippen molar-refractivity contribution in [2.75, 3.05) is 13.7 Å². The van der Waals surface area contributed by atoms with Crippen LogP contribution >= 0.6 is 0 Å². The lowest BCUT2D eigenvalue weighted by Crippen LogP contribution is -2.36. The van der Waals surface area contributed by atoms with Gasteiger partial charge < -0.3 is 10.1 Å². The van der Waals surface area contributed by atoms with Gasteiger partial charge in [-0.15, -0.1) is 0 Å². The Morgan fingerprint density at radius 3 is 2.30 bits per heavy atom. The predicted molar refractivity (Wildman–Crippen MR) is 44.2 cm³/mol. The molecule has 0 amide bonds. The standard InChI is InChI=1S/C8H19NO/c1-5-8(10-6-2)7(3)9-4/h7-9H,5-6H2,1-4H3. The number of hydrogen-bond donors (Lipinski definition) is 1. The van der Waals surface area contributed by atoms with Crippen LogP contribution in [0, 0.1) is 0 Å². The van der Waals surface area contributed by atoms with Crippen LogP contribution in [0.3, 0.4) is 0 Å². The molecule has 0 saturated heterocycles. The number of likely N-dealkylation sites (N-methyl/N-ethyl adjacent to an activating group) is 1. The zero-order valence-corrected chi connectivity index (χ0v) is 7.48. The van der Waals surface area contributed by atoms with E-state index in [0.29, 0.717) is 12.1 Å². The summed E-state index contributed by atoms with van der Waals surface area (Å²) >= 11 is 0. The van der Waals surface area contributed by atoms with Gasteiger partial charge in [0.15, 0.2) is 0 Å². The highest BCUT2D eigenvalue weighted by molar-refractivity contribution is 4.68. The summed E-state index contributed by atoms with van der Waals surface area (Å²) in [7, 11) is 1.96. The van der Waals surface area contributed by atoms with Crippen molar-refractivity contribution in [1.29, 1.82) is 0 Å². The lowest BCUT2D eigenvalue weighted by molar-refractivity contribution is 0.0384. The number of ether oxygens (including phenoxy) is 1. The third kappa shape index (κ3) is 3.18. The largest absolute Gasteiger partial charge is 0.377 e. The van der Waals surface area contributed by atoms with Gasteiger partial charge in [-0.3, -0.25) is 0 Å². The number of hydrogen-bond acceptors (Lipinski definition) is 2. The third-order valence-electron chi connectivity index (χ3n) is 1.80. The zero-order chi connectivity index (χ0) is 7.98. The van der Waals surface area contributed by atoms with Crippen molar-refractivity contribution in [3.63, 3.8) is 0 Å². The van der Waals surface area contributed by atoms with Crippen molar-refractivity contribution in [3.8, 4) is 0 Å². The third-order valence-corrected chi connectivity index (χ3v) is 1.80. The van der Waals surface area contributed by atoms with E-state index in [1.54, 1.807) is 0 Å². The van der Waals surface area contributed by atoms with Gasteiger partial charge in [-0.2, -0.15) is 0 Å². The molecule has 0 aliphatic rings. The molecule has 1 N–H and O–H groups in total. The van der Waals surface area contributed by atoms with Crippen molar-refractivity contribution < 1.29 is 4.74 Å². The molecule has 0 aliphatic heterocycles. The van der Waals surface area contributed by atoms with Crippen molar-refractivity contribution >= 4 is 0 Å². The zero-order valence-electron chi connectivity index (χ0n) is 7.48. The van der Waals surface area contributed by atoms with Gasteiger partial charge in [-0.05, 0) is 27.3 Å².